The van der Waals surface area contributed by atoms with Crippen LogP contribution in [0.4, 0.5) is 0 Å². The highest BCUT2D eigenvalue weighted by Gasteiger charge is 2.14. The maximum atomic E-state index is 10.4. The number of ketones is 1. The molecule has 1 atom stereocenters. The molecular weight excluding hydrogens is 136 g/mol. The third-order valence-corrected chi connectivity index (χ3v) is 1.13. The van der Waals surface area contributed by atoms with Gasteiger partial charge in [0.1, 0.15) is 0 Å². The van der Waals surface area contributed by atoms with Crippen LogP contribution in [0.3, 0.4) is 0 Å². The summed E-state index contributed by atoms with van der Waals surface area (Å²) >= 11 is 0. The maximum Gasteiger partial charge on any atom is 0.372 e. The van der Waals surface area contributed by atoms with Crippen LogP contribution in [0.25, 0.3) is 0 Å². The Balaban J connectivity index is 3.68. The van der Waals surface area contributed by atoms with E-state index in [0.29, 0.717) is 6.42 Å². The molecule has 0 amide bonds. The quantitative estimate of drug-likeness (QED) is 0.538. The number of carbonyl (C=O) groups is 2. The molecule has 4 heteroatoms. The number of aliphatic carboxylic acids is 1. The van der Waals surface area contributed by atoms with Crippen LogP contribution in [0.15, 0.2) is 0 Å². The molecule has 0 rings (SSSR count). The summed E-state index contributed by atoms with van der Waals surface area (Å²) in [5, 5.41) is 16.9. The molecule has 0 aromatic heterocycles. The Bertz CT molecular complexity index is 141. The Kier molecular flexibility index (Phi) is 3.64. The van der Waals surface area contributed by atoms with Crippen molar-refractivity contribution in [3.8, 4) is 0 Å². The van der Waals surface area contributed by atoms with Crippen LogP contribution in [0.1, 0.15) is 19.8 Å². The molecule has 0 saturated carbocycles. The lowest BCUT2D eigenvalue weighted by molar-refractivity contribution is -0.150. The lowest BCUT2D eigenvalue weighted by atomic mass is 10.1. The van der Waals surface area contributed by atoms with Gasteiger partial charge in [0, 0.05) is 6.42 Å². The average Bonchev–Trinajstić information content (AvgIpc) is 1.87. The Labute approximate surface area is 58.5 Å². The van der Waals surface area contributed by atoms with Crippen molar-refractivity contribution in [2.75, 3.05) is 0 Å². The summed E-state index contributed by atoms with van der Waals surface area (Å²) in [6.07, 6.45) is -0.700. The summed E-state index contributed by atoms with van der Waals surface area (Å²) in [6, 6.07) is 0. The molecule has 0 bridgehead atoms. The summed E-state index contributed by atoms with van der Waals surface area (Å²) < 4.78 is 0. The first-order valence-corrected chi connectivity index (χ1v) is 3.02. The SMILES string of the molecule is CC[C@H](O)CC(=O)C(=O)O. The van der Waals surface area contributed by atoms with Gasteiger partial charge >= 0.3 is 5.97 Å². The first kappa shape index (κ1) is 9.10. The van der Waals surface area contributed by atoms with Gasteiger partial charge in [-0.1, -0.05) is 6.92 Å². The maximum absolute atomic E-state index is 10.4. The molecule has 0 spiro atoms. The molecule has 0 fully saturated rings. The normalized spacial score (nSPS) is 12.6. The summed E-state index contributed by atoms with van der Waals surface area (Å²) in [5.41, 5.74) is 0. The fourth-order valence-electron chi connectivity index (χ4n) is 0.446. The number of hydrogen-bond donors (Lipinski definition) is 2. The van der Waals surface area contributed by atoms with Crippen LogP contribution in [-0.2, 0) is 9.59 Å². The lowest BCUT2D eigenvalue weighted by Gasteiger charge is -2.01. The predicted molar refractivity (Wildman–Crippen MR) is 33.6 cm³/mol. The molecule has 4 nitrogen and oxygen atoms in total. The number of carboxylic acids is 1. The van der Waals surface area contributed by atoms with Crippen molar-refractivity contribution < 1.29 is 19.8 Å². The Morgan fingerprint density at radius 1 is 1.50 bits per heavy atom. The number of hydrogen-bond acceptors (Lipinski definition) is 3. The van der Waals surface area contributed by atoms with Gasteiger partial charge in [0.2, 0.25) is 5.78 Å². The van der Waals surface area contributed by atoms with Crippen LogP contribution in [-0.4, -0.2) is 28.1 Å². The second-order valence-electron chi connectivity index (χ2n) is 1.99. The minimum absolute atomic E-state index is 0.286. The molecule has 0 unspecified atom stereocenters. The predicted octanol–water partition coefficient (Wildman–Crippen LogP) is -0.199. The highest BCUT2D eigenvalue weighted by molar-refractivity contribution is 6.32. The van der Waals surface area contributed by atoms with Gasteiger partial charge in [-0.15, -0.1) is 0 Å². The van der Waals surface area contributed by atoms with E-state index in [1.807, 2.05) is 0 Å². The monoisotopic (exact) mass is 146 g/mol. The molecule has 0 aromatic carbocycles. The van der Waals surface area contributed by atoms with E-state index in [0.717, 1.165) is 0 Å². The second kappa shape index (κ2) is 4.00. The number of aliphatic hydroxyl groups is 1. The smallest absolute Gasteiger partial charge is 0.372 e. The number of carbonyl (C=O) groups excluding carboxylic acids is 1. The minimum atomic E-state index is -1.48. The third-order valence-electron chi connectivity index (χ3n) is 1.13. The van der Waals surface area contributed by atoms with Crippen LogP contribution >= 0.6 is 0 Å². The number of carboxylic acid groups (broad SMARTS) is 1. The van der Waals surface area contributed by atoms with Crippen molar-refractivity contribution in [1.29, 1.82) is 0 Å². The van der Waals surface area contributed by atoms with E-state index in [2.05, 4.69) is 0 Å². The van der Waals surface area contributed by atoms with Gasteiger partial charge in [0.25, 0.3) is 0 Å². The van der Waals surface area contributed by atoms with Crippen molar-refractivity contribution in [2.24, 2.45) is 0 Å². The van der Waals surface area contributed by atoms with Crippen LogP contribution in [0.5, 0.6) is 0 Å². The molecule has 0 heterocycles. The second-order valence-corrected chi connectivity index (χ2v) is 1.99. The molecule has 2 N–H and O–H groups in total. The van der Waals surface area contributed by atoms with Crippen molar-refractivity contribution >= 4 is 11.8 Å². The number of rotatable bonds is 4. The van der Waals surface area contributed by atoms with Gasteiger partial charge < -0.3 is 10.2 Å². The van der Waals surface area contributed by atoms with Crippen molar-refractivity contribution in [1.82, 2.24) is 0 Å². The Morgan fingerprint density at radius 3 is 2.30 bits per heavy atom. The van der Waals surface area contributed by atoms with E-state index in [-0.39, 0.29) is 6.42 Å². The molecule has 0 aliphatic carbocycles. The fourth-order valence-corrected chi connectivity index (χ4v) is 0.446. The minimum Gasteiger partial charge on any atom is -0.475 e. The molecule has 10 heavy (non-hydrogen) atoms. The van der Waals surface area contributed by atoms with Gasteiger partial charge in [-0.05, 0) is 6.42 Å². The van der Waals surface area contributed by atoms with Gasteiger partial charge in [0.15, 0.2) is 0 Å². The molecule has 0 aliphatic rings. The first-order chi connectivity index (χ1) is 4.57. The number of Topliss-reactive ketones (excluding diaryl/α,β-unsaturated/α-hetero) is 1. The molecule has 58 valence electrons. The van der Waals surface area contributed by atoms with Crippen LogP contribution in [0.2, 0.25) is 0 Å². The van der Waals surface area contributed by atoms with Crippen molar-refractivity contribution in [3.63, 3.8) is 0 Å². The lowest BCUT2D eigenvalue weighted by Crippen LogP contribution is -2.19. The highest BCUT2D eigenvalue weighted by atomic mass is 16.4. The standard InChI is InChI=1S/C6H10O4/c1-2-4(7)3-5(8)6(9)10/h4,7H,2-3H2,1H3,(H,9,10)/t4-/m0/s1. The Hall–Kier alpha value is -0.900. The van der Waals surface area contributed by atoms with E-state index in [1.165, 1.54) is 0 Å². The van der Waals surface area contributed by atoms with E-state index in [4.69, 9.17) is 10.2 Å². The van der Waals surface area contributed by atoms with E-state index in [9.17, 15) is 9.59 Å². The number of aliphatic hydroxyl groups excluding tert-OH is 1. The van der Waals surface area contributed by atoms with Gasteiger partial charge in [-0.25, -0.2) is 4.79 Å². The van der Waals surface area contributed by atoms with E-state index >= 15 is 0 Å². The van der Waals surface area contributed by atoms with Gasteiger partial charge in [0.05, 0.1) is 6.10 Å². The van der Waals surface area contributed by atoms with Crippen LogP contribution in [0, 0.1) is 0 Å². The van der Waals surface area contributed by atoms with E-state index < -0.39 is 17.9 Å². The molecule has 0 radical (unpaired) electrons. The molecular formula is C6H10O4. The van der Waals surface area contributed by atoms with Gasteiger partial charge in [-0.2, -0.15) is 0 Å². The fraction of sp³-hybridized carbons (Fsp3) is 0.667. The van der Waals surface area contributed by atoms with Crippen LogP contribution < -0.4 is 0 Å². The average molecular weight is 146 g/mol. The highest BCUT2D eigenvalue weighted by Crippen LogP contribution is 1.96. The zero-order valence-corrected chi connectivity index (χ0v) is 5.70. The zero-order chi connectivity index (χ0) is 8.15. The molecule has 0 saturated heterocycles. The largest absolute Gasteiger partial charge is 0.475 e. The summed E-state index contributed by atoms with van der Waals surface area (Å²) in [7, 11) is 0. The third kappa shape index (κ3) is 3.19. The van der Waals surface area contributed by atoms with E-state index in [1.54, 1.807) is 6.92 Å². The summed E-state index contributed by atoms with van der Waals surface area (Å²) in [4.78, 5) is 20.2. The topological polar surface area (TPSA) is 74.6 Å². The van der Waals surface area contributed by atoms with Crippen molar-refractivity contribution in [3.05, 3.63) is 0 Å². The summed E-state index contributed by atoms with van der Waals surface area (Å²) in [5.74, 6) is -2.41. The molecule has 0 aliphatic heterocycles. The van der Waals surface area contributed by atoms with Gasteiger partial charge in [-0.3, -0.25) is 4.79 Å². The Morgan fingerprint density at radius 2 is 2.00 bits per heavy atom. The first-order valence-electron chi connectivity index (χ1n) is 3.02. The zero-order valence-electron chi connectivity index (χ0n) is 5.70. The molecule has 0 aromatic rings. The van der Waals surface area contributed by atoms with Crippen molar-refractivity contribution in [2.45, 2.75) is 25.9 Å². The summed E-state index contributed by atoms with van der Waals surface area (Å²) in [6.45, 7) is 1.68.